The Labute approximate surface area is 128 Å². The van der Waals surface area contributed by atoms with Crippen molar-refractivity contribution in [3.63, 3.8) is 0 Å². The van der Waals surface area contributed by atoms with E-state index in [0.29, 0.717) is 23.1 Å². The summed E-state index contributed by atoms with van der Waals surface area (Å²) in [5.74, 6) is 0.787. The summed E-state index contributed by atoms with van der Waals surface area (Å²) in [7, 11) is 0. The maximum Gasteiger partial charge on any atom is 0.230 e. The molecule has 1 heterocycles. The molecule has 0 atom stereocenters. The van der Waals surface area contributed by atoms with Crippen LogP contribution in [0.4, 0.5) is 0 Å². The molecule has 2 N–H and O–H groups in total. The van der Waals surface area contributed by atoms with Crippen molar-refractivity contribution in [2.45, 2.75) is 57.9 Å². The predicted molar refractivity (Wildman–Crippen MR) is 88.3 cm³/mol. The summed E-state index contributed by atoms with van der Waals surface area (Å²) in [5, 5.41) is 7.05. The molecule has 4 nitrogen and oxygen atoms in total. The first-order valence-electron chi connectivity index (χ1n) is 7.85. The van der Waals surface area contributed by atoms with E-state index >= 15 is 0 Å². The molecular weight excluding hydrogens is 270 g/mol. The minimum Gasteiger partial charge on any atom is -0.354 e. The summed E-state index contributed by atoms with van der Waals surface area (Å²) in [5.41, 5.74) is 0. The summed E-state index contributed by atoms with van der Waals surface area (Å²) in [4.78, 5) is 14.2. The Balaban J connectivity index is 2.12. The van der Waals surface area contributed by atoms with Gasteiger partial charge in [-0.3, -0.25) is 9.69 Å². The molecule has 0 spiro atoms. The molecule has 20 heavy (non-hydrogen) atoms. The van der Waals surface area contributed by atoms with Gasteiger partial charge in [0, 0.05) is 30.4 Å². The van der Waals surface area contributed by atoms with Crippen LogP contribution in [0, 0.1) is 0 Å². The molecule has 1 rings (SSSR count). The Morgan fingerprint density at radius 1 is 1.25 bits per heavy atom. The Hall–Kier alpha value is -0.260. The van der Waals surface area contributed by atoms with Crippen molar-refractivity contribution in [1.82, 2.24) is 15.5 Å². The van der Waals surface area contributed by atoms with Gasteiger partial charge in [-0.1, -0.05) is 0 Å². The van der Waals surface area contributed by atoms with Gasteiger partial charge in [0.25, 0.3) is 0 Å². The van der Waals surface area contributed by atoms with Crippen molar-refractivity contribution < 1.29 is 4.79 Å². The average Bonchev–Trinajstić information content (AvgIpc) is 2.41. The second-order valence-corrected chi connectivity index (χ2v) is 7.32. The van der Waals surface area contributed by atoms with Gasteiger partial charge in [-0.25, -0.2) is 0 Å². The number of nitrogens with zero attached hydrogens (tertiary/aromatic N) is 1. The third-order valence-electron chi connectivity index (χ3n) is 3.76. The molecule has 0 aromatic heterocycles. The average molecular weight is 302 g/mol. The zero-order valence-electron chi connectivity index (χ0n) is 13.4. The number of piperidine rings is 1. The smallest absolute Gasteiger partial charge is 0.230 e. The zero-order valence-corrected chi connectivity index (χ0v) is 14.3. The maximum absolute atomic E-state index is 11.8. The van der Waals surface area contributed by atoms with Gasteiger partial charge in [0.15, 0.2) is 0 Å². The van der Waals surface area contributed by atoms with E-state index in [2.05, 4.69) is 43.2 Å². The van der Waals surface area contributed by atoms with E-state index in [0.717, 1.165) is 26.2 Å². The van der Waals surface area contributed by atoms with Crippen molar-refractivity contribution >= 4 is 17.7 Å². The number of thioether (sulfide) groups is 1. The minimum absolute atomic E-state index is 0.181. The van der Waals surface area contributed by atoms with Crippen LogP contribution in [0.3, 0.4) is 0 Å². The molecule has 1 amide bonds. The van der Waals surface area contributed by atoms with Crippen molar-refractivity contribution in [3.8, 4) is 0 Å². The number of hydrogen-bond donors (Lipinski definition) is 2. The molecule has 0 aromatic rings. The van der Waals surface area contributed by atoms with Crippen molar-refractivity contribution in [1.29, 1.82) is 0 Å². The SMILES string of the molecule is CC(C)N(CCNC(=O)CSC1CCNCC1)C(C)C. The molecule has 1 aliphatic heterocycles. The minimum atomic E-state index is 0.181. The third kappa shape index (κ3) is 6.95. The van der Waals surface area contributed by atoms with Crippen LogP contribution in [0.1, 0.15) is 40.5 Å². The first-order valence-corrected chi connectivity index (χ1v) is 8.90. The number of nitrogens with one attached hydrogen (secondary N) is 2. The van der Waals surface area contributed by atoms with Crippen LogP contribution in [-0.4, -0.2) is 60.1 Å². The number of hydrogen-bond acceptors (Lipinski definition) is 4. The highest BCUT2D eigenvalue weighted by Gasteiger charge is 2.16. The molecule has 5 heteroatoms. The van der Waals surface area contributed by atoms with E-state index in [9.17, 15) is 4.79 Å². The van der Waals surface area contributed by atoms with Crippen LogP contribution in [0.15, 0.2) is 0 Å². The molecule has 0 bridgehead atoms. The van der Waals surface area contributed by atoms with E-state index < -0.39 is 0 Å². The number of carbonyl (C=O) groups is 1. The third-order valence-corrected chi connectivity index (χ3v) is 5.13. The molecule has 118 valence electrons. The molecule has 0 radical (unpaired) electrons. The molecule has 1 aliphatic rings. The van der Waals surface area contributed by atoms with Gasteiger partial charge in [0.1, 0.15) is 0 Å². The molecule has 1 saturated heterocycles. The zero-order chi connectivity index (χ0) is 15.0. The maximum atomic E-state index is 11.8. The first-order chi connectivity index (χ1) is 9.50. The quantitative estimate of drug-likeness (QED) is 0.716. The fraction of sp³-hybridized carbons (Fsp3) is 0.933. The molecule has 0 aliphatic carbocycles. The van der Waals surface area contributed by atoms with E-state index in [4.69, 9.17) is 0 Å². The van der Waals surface area contributed by atoms with Gasteiger partial charge in [-0.05, 0) is 53.6 Å². The first kappa shape index (κ1) is 17.8. The van der Waals surface area contributed by atoms with Crippen LogP contribution in [0.25, 0.3) is 0 Å². The monoisotopic (exact) mass is 301 g/mol. The van der Waals surface area contributed by atoms with Gasteiger partial charge in [-0.2, -0.15) is 0 Å². The van der Waals surface area contributed by atoms with Crippen LogP contribution in [-0.2, 0) is 4.79 Å². The number of amides is 1. The summed E-state index contributed by atoms with van der Waals surface area (Å²) in [6, 6.07) is 1.05. The van der Waals surface area contributed by atoms with Gasteiger partial charge < -0.3 is 10.6 Å². The van der Waals surface area contributed by atoms with E-state index in [1.165, 1.54) is 12.8 Å². The largest absolute Gasteiger partial charge is 0.354 e. The van der Waals surface area contributed by atoms with Crippen molar-refractivity contribution in [2.24, 2.45) is 0 Å². The standard InChI is InChI=1S/C15H31N3OS/c1-12(2)18(13(3)4)10-9-17-15(19)11-20-14-5-7-16-8-6-14/h12-14,16H,5-11H2,1-4H3,(H,17,19). The Kier molecular flexibility index (Phi) is 8.57. The summed E-state index contributed by atoms with van der Waals surface area (Å²) in [6.45, 7) is 12.7. The second kappa shape index (κ2) is 9.64. The molecule has 1 fully saturated rings. The van der Waals surface area contributed by atoms with Gasteiger partial charge >= 0.3 is 0 Å². The highest BCUT2D eigenvalue weighted by molar-refractivity contribution is 8.00. The molecule has 0 aromatic carbocycles. The Morgan fingerprint density at radius 3 is 2.40 bits per heavy atom. The van der Waals surface area contributed by atoms with Crippen LogP contribution >= 0.6 is 11.8 Å². The molecular formula is C15H31N3OS. The predicted octanol–water partition coefficient (Wildman–Crippen LogP) is 1.71. The topological polar surface area (TPSA) is 44.4 Å². The lowest BCUT2D eigenvalue weighted by molar-refractivity contribution is -0.118. The lowest BCUT2D eigenvalue weighted by atomic mass is 10.2. The van der Waals surface area contributed by atoms with E-state index in [-0.39, 0.29) is 5.91 Å². The number of rotatable bonds is 8. The normalized spacial score (nSPS) is 17.1. The van der Waals surface area contributed by atoms with Crippen LogP contribution in [0.2, 0.25) is 0 Å². The highest BCUT2D eigenvalue weighted by Crippen LogP contribution is 2.19. The fourth-order valence-electron chi connectivity index (χ4n) is 2.64. The summed E-state index contributed by atoms with van der Waals surface area (Å²) in [6.07, 6.45) is 2.37. The van der Waals surface area contributed by atoms with Crippen molar-refractivity contribution in [2.75, 3.05) is 31.9 Å². The lowest BCUT2D eigenvalue weighted by Gasteiger charge is -2.30. The summed E-state index contributed by atoms with van der Waals surface area (Å²) >= 11 is 1.81. The van der Waals surface area contributed by atoms with Crippen LogP contribution < -0.4 is 10.6 Å². The molecule has 0 saturated carbocycles. The Morgan fingerprint density at radius 2 is 1.85 bits per heavy atom. The fourth-order valence-corrected chi connectivity index (χ4v) is 3.70. The van der Waals surface area contributed by atoms with Gasteiger partial charge in [0.2, 0.25) is 5.91 Å². The van der Waals surface area contributed by atoms with Crippen LogP contribution in [0.5, 0.6) is 0 Å². The highest BCUT2D eigenvalue weighted by atomic mass is 32.2. The summed E-state index contributed by atoms with van der Waals surface area (Å²) < 4.78 is 0. The van der Waals surface area contributed by atoms with Crippen molar-refractivity contribution in [3.05, 3.63) is 0 Å². The van der Waals surface area contributed by atoms with E-state index in [1.807, 2.05) is 11.8 Å². The molecule has 0 unspecified atom stereocenters. The van der Waals surface area contributed by atoms with Gasteiger partial charge in [0.05, 0.1) is 5.75 Å². The van der Waals surface area contributed by atoms with Gasteiger partial charge in [-0.15, -0.1) is 11.8 Å². The number of carbonyl (C=O) groups excluding carboxylic acids is 1. The van der Waals surface area contributed by atoms with E-state index in [1.54, 1.807) is 0 Å². The second-order valence-electron chi connectivity index (χ2n) is 6.04. The Bertz CT molecular complexity index is 270. The lowest BCUT2D eigenvalue weighted by Crippen LogP contribution is -2.42.